The molecule has 0 spiro atoms. The Labute approximate surface area is 99.1 Å². The second-order valence-corrected chi connectivity index (χ2v) is 4.20. The van der Waals surface area contributed by atoms with E-state index in [9.17, 15) is 9.90 Å². The Balaban J connectivity index is 2.45. The predicted molar refractivity (Wildman–Crippen MR) is 65.2 cm³/mol. The van der Waals surface area contributed by atoms with Crippen LogP contribution in [-0.4, -0.2) is 26.9 Å². The molecule has 0 fully saturated rings. The number of aromatic carboxylic acids is 1. The van der Waals surface area contributed by atoms with E-state index >= 15 is 0 Å². The average Bonchev–Trinajstić information content (AvgIpc) is 2.65. The second kappa shape index (κ2) is 4.59. The highest BCUT2D eigenvalue weighted by Gasteiger charge is 2.13. The molecular weight excluding hydrogens is 218 g/mol. The van der Waals surface area contributed by atoms with Crippen LogP contribution in [0.25, 0.3) is 10.9 Å². The summed E-state index contributed by atoms with van der Waals surface area (Å²) in [5.41, 5.74) is 1.21. The number of nitrogens with zero attached hydrogens (tertiary/aromatic N) is 1. The van der Waals surface area contributed by atoms with Crippen molar-refractivity contribution in [3.05, 3.63) is 36.0 Å². The Kier molecular flexibility index (Phi) is 3.15. The Morgan fingerprint density at radius 1 is 1.41 bits per heavy atom. The van der Waals surface area contributed by atoms with Gasteiger partial charge in [0.15, 0.2) is 0 Å². The molecular formula is C13H15NO3. The van der Waals surface area contributed by atoms with E-state index in [2.05, 4.69) is 0 Å². The van der Waals surface area contributed by atoms with Gasteiger partial charge in [0.25, 0.3) is 0 Å². The van der Waals surface area contributed by atoms with Gasteiger partial charge in [-0.25, -0.2) is 4.79 Å². The van der Waals surface area contributed by atoms with Crippen LogP contribution in [0.15, 0.2) is 30.5 Å². The number of aromatic nitrogens is 1. The van der Waals surface area contributed by atoms with Gasteiger partial charge in [-0.3, -0.25) is 0 Å². The highest BCUT2D eigenvalue weighted by atomic mass is 16.4. The fourth-order valence-electron chi connectivity index (χ4n) is 1.93. The lowest BCUT2D eigenvalue weighted by Crippen LogP contribution is -2.06. The third-order valence-corrected chi connectivity index (χ3v) is 2.81. The minimum absolute atomic E-state index is 0.311. The number of rotatable bonds is 4. The zero-order chi connectivity index (χ0) is 12.4. The number of carboxylic acids is 1. The normalized spacial score (nSPS) is 12.8. The summed E-state index contributed by atoms with van der Waals surface area (Å²) in [5.74, 6) is -0.919. The molecule has 17 heavy (non-hydrogen) atoms. The largest absolute Gasteiger partial charge is 0.478 e. The van der Waals surface area contributed by atoms with Crippen molar-refractivity contribution in [3.63, 3.8) is 0 Å². The summed E-state index contributed by atoms with van der Waals surface area (Å²) in [6.45, 7) is 2.34. The molecule has 1 aromatic heterocycles. The SMILES string of the molecule is CC(O)CCn1cc(C(=O)O)c2ccccc21. The standard InChI is InChI=1S/C13H15NO3/c1-9(15)6-7-14-8-11(13(16)17)10-4-2-3-5-12(10)14/h2-5,8-9,15H,6-7H2,1H3,(H,16,17). The maximum absolute atomic E-state index is 11.1. The quantitative estimate of drug-likeness (QED) is 0.850. The fourth-order valence-corrected chi connectivity index (χ4v) is 1.93. The van der Waals surface area contributed by atoms with E-state index in [1.54, 1.807) is 19.2 Å². The molecule has 0 saturated carbocycles. The molecule has 0 aliphatic carbocycles. The lowest BCUT2D eigenvalue weighted by atomic mass is 10.2. The third kappa shape index (κ3) is 2.31. The summed E-state index contributed by atoms with van der Waals surface area (Å²) in [6.07, 6.45) is 1.86. The van der Waals surface area contributed by atoms with Crippen molar-refractivity contribution < 1.29 is 15.0 Å². The molecule has 2 rings (SSSR count). The molecule has 90 valence electrons. The number of aliphatic hydroxyl groups is 1. The van der Waals surface area contributed by atoms with E-state index in [4.69, 9.17) is 5.11 Å². The number of fused-ring (bicyclic) bond motifs is 1. The van der Waals surface area contributed by atoms with Crippen molar-refractivity contribution in [2.24, 2.45) is 0 Å². The van der Waals surface area contributed by atoms with E-state index in [-0.39, 0.29) is 6.10 Å². The fraction of sp³-hybridized carbons (Fsp3) is 0.308. The van der Waals surface area contributed by atoms with Crippen molar-refractivity contribution in [1.82, 2.24) is 4.57 Å². The summed E-state index contributed by atoms with van der Waals surface area (Å²) >= 11 is 0. The Morgan fingerprint density at radius 2 is 2.12 bits per heavy atom. The first-order chi connectivity index (χ1) is 8.09. The number of aryl methyl sites for hydroxylation is 1. The summed E-state index contributed by atoms with van der Waals surface area (Å²) < 4.78 is 1.88. The van der Waals surface area contributed by atoms with Crippen LogP contribution in [0, 0.1) is 0 Å². The van der Waals surface area contributed by atoms with Gasteiger partial charge in [0.05, 0.1) is 11.7 Å². The van der Waals surface area contributed by atoms with E-state index in [1.165, 1.54) is 0 Å². The van der Waals surface area contributed by atoms with Gasteiger partial charge in [-0.15, -0.1) is 0 Å². The maximum atomic E-state index is 11.1. The van der Waals surface area contributed by atoms with Crippen LogP contribution in [-0.2, 0) is 6.54 Å². The van der Waals surface area contributed by atoms with E-state index in [0.717, 1.165) is 10.9 Å². The number of carboxylic acid groups (broad SMARTS) is 1. The molecule has 0 amide bonds. The smallest absolute Gasteiger partial charge is 0.337 e. The molecule has 4 heteroatoms. The van der Waals surface area contributed by atoms with Crippen LogP contribution in [0.1, 0.15) is 23.7 Å². The van der Waals surface area contributed by atoms with Crippen molar-refractivity contribution in [2.45, 2.75) is 26.0 Å². The van der Waals surface area contributed by atoms with Gasteiger partial charge >= 0.3 is 5.97 Å². The first kappa shape index (κ1) is 11.7. The molecule has 0 aliphatic heterocycles. The van der Waals surface area contributed by atoms with Gasteiger partial charge in [0, 0.05) is 23.6 Å². The van der Waals surface area contributed by atoms with Crippen molar-refractivity contribution in [3.8, 4) is 0 Å². The number of para-hydroxylation sites is 1. The summed E-state index contributed by atoms with van der Waals surface area (Å²) in [6, 6.07) is 7.40. The number of hydrogen-bond acceptors (Lipinski definition) is 2. The van der Waals surface area contributed by atoms with Crippen molar-refractivity contribution in [2.75, 3.05) is 0 Å². The number of aliphatic hydroxyl groups excluding tert-OH is 1. The molecule has 1 heterocycles. The molecule has 4 nitrogen and oxygen atoms in total. The average molecular weight is 233 g/mol. The summed E-state index contributed by atoms with van der Waals surface area (Å²) in [7, 11) is 0. The van der Waals surface area contributed by atoms with Crippen molar-refractivity contribution in [1.29, 1.82) is 0 Å². The topological polar surface area (TPSA) is 62.5 Å². The van der Waals surface area contributed by atoms with Crippen LogP contribution in [0.4, 0.5) is 0 Å². The Bertz CT molecular complexity index is 543. The predicted octanol–water partition coefficient (Wildman–Crippen LogP) is 2.11. The van der Waals surface area contributed by atoms with Crippen LogP contribution >= 0.6 is 0 Å². The minimum atomic E-state index is -0.919. The zero-order valence-corrected chi connectivity index (χ0v) is 9.63. The number of benzene rings is 1. The van der Waals surface area contributed by atoms with Gasteiger partial charge in [-0.2, -0.15) is 0 Å². The van der Waals surface area contributed by atoms with E-state index in [0.29, 0.717) is 18.5 Å². The highest BCUT2D eigenvalue weighted by molar-refractivity contribution is 6.03. The van der Waals surface area contributed by atoms with Crippen molar-refractivity contribution >= 4 is 16.9 Å². The Hall–Kier alpha value is -1.81. The minimum Gasteiger partial charge on any atom is -0.478 e. The summed E-state index contributed by atoms with van der Waals surface area (Å²) in [5, 5.41) is 19.1. The van der Waals surface area contributed by atoms with Gasteiger partial charge in [-0.1, -0.05) is 18.2 Å². The van der Waals surface area contributed by atoms with Crippen LogP contribution in [0.2, 0.25) is 0 Å². The Morgan fingerprint density at radius 3 is 2.76 bits per heavy atom. The first-order valence-electron chi connectivity index (χ1n) is 5.59. The van der Waals surface area contributed by atoms with Gasteiger partial charge in [-0.05, 0) is 19.4 Å². The molecule has 1 unspecified atom stereocenters. The highest BCUT2D eigenvalue weighted by Crippen LogP contribution is 2.21. The molecule has 0 bridgehead atoms. The zero-order valence-electron chi connectivity index (χ0n) is 9.63. The van der Waals surface area contributed by atoms with E-state index in [1.807, 2.05) is 22.8 Å². The molecule has 1 aromatic carbocycles. The molecule has 0 aliphatic rings. The second-order valence-electron chi connectivity index (χ2n) is 4.20. The lowest BCUT2D eigenvalue weighted by Gasteiger charge is -2.06. The van der Waals surface area contributed by atoms with Crippen LogP contribution in [0.5, 0.6) is 0 Å². The van der Waals surface area contributed by atoms with E-state index < -0.39 is 5.97 Å². The number of carbonyl (C=O) groups is 1. The van der Waals surface area contributed by atoms with Gasteiger partial charge in [0.2, 0.25) is 0 Å². The van der Waals surface area contributed by atoms with Gasteiger partial charge in [0.1, 0.15) is 0 Å². The lowest BCUT2D eigenvalue weighted by molar-refractivity contribution is 0.0699. The molecule has 0 radical (unpaired) electrons. The molecule has 2 N–H and O–H groups in total. The number of hydrogen-bond donors (Lipinski definition) is 2. The molecule has 2 aromatic rings. The van der Waals surface area contributed by atoms with Crippen LogP contribution in [0.3, 0.4) is 0 Å². The monoisotopic (exact) mass is 233 g/mol. The summed E-state index contributed by atoms with van der Waals surface area (Å²) in [4.78, 5) is 11.1. The van der Waals surface area contributed by atoms with Gasteiger partial charge < -0.3 is 14.8 Å². The molecule has 0 saturated heterocycles. The molecule has 1 atom stereocenters. The first-order valence-corrected chi connectivity index (χ1v) is 5.59. The van der Waals surface area contributed by atoms with Crippen LogP contribution < -0.4 is 0 Å². The maximum Gasteiger partial charge on any atom is 0.337 e. The third-order valence-electron chi connectivity index (χ3n) is 2.81.